The molecule has 0 saturated heterocycles. The maximum Gasteiger partial charge on any atom is 0.119 e. The van der Waals surface area contributed by atoms with Crippen molar-refractivity contribution >= 4 is 21.8 Å². The predicted molar refractivity (Wildman–Crippen MR) is 104 cm³/mol. The molecule has 0 radical (unpaired) electrons. The average molecular weight is 358 g/mol. The first kappa shape index (κ1) is 17.9. The van der Waals surface area contributed by atoms with Crippen LogP contribution in [0.1, 0.15) is 22.5 Å². The van der Waals surface area contributed by atoms with Crippen molar-refractivity contribution in [3.8, 4) is 23.6 Å². The van der Waals surface area contributed by atoms with Crippen molar-refractivity contribution in [3.05, 3.63) is 58.9 Å². The normalized spacial score (nSPS) is 10.1. The van der Waals surface area contributed by atoms with Gasteiger partial charge in [-0.15, -0.1) is 0 Å². The lowest BCUT2D eigenvalue weighted by atomic mass is 10.1. The van der Waals surface area contributed by atoms with Crippen LogP contribution >= 0.6 is 0 Å². The van der Waals surface area contributed by atoms with E-state index in [2.05, 4.69) is 22.1 Å². The molecule has 0 unspecified atom stereocenters. The molecule has 0 atom stereocenters. The predicted octanol–water partition coefficient (Wildman–Crippen LogP) is 4.41. The summed E-state index contributed by atoms with van der Waals surface area (Å²) in [5.74, 6) is 0.955. The van der Waals surface area contributed by atoms with Gasteiger partial charge in [-0.1, -0.05) is 0 Å². The highest BCUT2D eigenvalue weighted by atomic mass is 16.5. The first-order valence-electron chi connectivity index (χ1n) is 8.26. The van der Waals surface area contributed by atoms with Gasteiger partial charge >= 0.3 is 0 Å². The molecule has 0 aliphatic carbocycles. The Bertz CT molecular complexity index is 1220. The zero-order chi connectivity index (χ0) is 19.6. The van der Waals surface area contributed by atoms with E-state index in [0.29, 0.717) is 11.1 Å². The number of aryl methyl sites for hydroxylation is 2. The van der Waals surface area contributed by atoms with E-state index in [1.165, 1.54) is 0 Å². The molecule has 0 spiro atoms. The second kappa shape index (κ2) is 7.15. The molecule has 0 amide bonds. The zero-order valence-corrected chi connectivity index (χ0v) is 15.2. The fourth-order valence-corrected chi connectivity index (χ4v) is 3.04. The number of ether oxygens (including phenoxy) is 1. The fraction of sp³-hybridized carbons (Fsp3) is 0.143. The SMILES string of the molecule is COc1ccc2[nH]c(C)c(C#N)c2c1.Cc1[nH]c2ccc(O)cc2c1C#N. The third kappa shape index (κ3) is 3.29. The van der Waals surface area contributed by atoms with Gasteiger partial charge in [0.1, 0.15) is 23.6 Å². The number of aromatic amines is 2. The lowest BCUT2D eigenvalue weighted by Crippen LogP contribution is -1.81. The van der Waals surface area contributed by atoms with Crippen LogP contribution in [0.3, 0.4) is 0 Å². The van der Waals surface area contributed by atoms with Crippen molar-refractivity contribution in [1.82, 2.24) is 9.97 Å². The van der Waals surface area contributed by atoms with Crippen LogP contribution in [0.25, 0.3) is 21.8 Å². The summed E-state index contributed by atoms with van der Waals surface area (Å²) in [5.41, 5.74) is 4.88. The van der Waals surface area contributed by atoms with Gasteiger partial charge in [0.05, 0.1) is 18.2 Å². The maximum atomic E-state index is 9.24. The highest BCUT2D eigenvalue weighted by molar-refractivity contribution is 5.89. The van der Waals surface area contributed by atoms with Crippen molar-refractivity contribution in [1.29, 1.82) is 10.5 Å². The van der Waals surface area contributed by atoms with Gasteiger partial charge in [0.15, 0.2) is 0 Å². The van der Waals surface area contributed by atoms with Crippen LogP contribution in [0, 0.1) is 36.5 Å². The molecule has 0 saturated carbocycles. The van der Waals surface area contributed by atoms with Crippen LogP contribution < -0.4 is 4.74 Å². The summed E-state index contributed by atoms with van der Waals surface area (Å²) in [6.07, 6.45) is 0. The Morgan fingerprint density at radius 1 is 0.852 bits per heavy atom. The number of rotatable bonds is 1. The molecule has 0 aliphatic rings. The molecule has 6 nitrogen and oxygen atoms in total. The summed E-state index contributed by atoms with van der Waals surface area (Å²) in [7, 11) is 1.62. The minimum absolute atomic E-state index is 0.183. The number of aromatic hydroxyl groups is 1. The highest BCUT2D eigenvalue weighted by Gasteiger charge is 2.08. The zero-order valence-electron chi connectivity index (χ0n) is 15.2. The van der Waals surface area contributed by atoms with Crippen LogP contribution in [0.4, 0.5) is 0 Å². The quantitative estimate of drug-likeness (QED) is 0.468. The number of hydrogen-bond acceptors (Lipinski definition) is 4. The number of aromatic nitrogens is 2. The lowest BCUT2D eigenvalue weighted by Gasteiger charge is -1.98. The monoisotopic (exact) mass is 358 g/mol. The van der Waals surface area contributed by atoms with Crippen LogP contribution in [0.2, 0.25) is 0 Å². The highest BCUT2D eigenvalue weighted by Crippen LogP contribution is 2.26. The van der Waals surface area contributed by atoms with Crippen molar-refractivity contribution < 1.29 is 9.84 Å². The molecule has 0 bridgehead atoms. The van der Waals surface area contributed by atoms with Gasteiger partial charge in [-0.05, 0) is 50.2 Å². The van der Waals surface area contributed by atoms with E-state index >= 15 is 0 Å². The Labute approximate surface area is 156 Å². The number of nitrogens with zero attached hydrogens (tertiary/aromatic N) is 2. The molecule has 0 aliphatic heterocycles. The number of phenols is 1. The van der Waals surface area contributed by atoms with Crippen LogP contribution in [-0.2, 0) is 0 Å². The molecule has 3 N–H and O–H groups in total. The topological polar surface area (TPSA) is 109 Å². The molecule has 0 fully saturated rings. The molecule has 2 heterocycles. The number of phenolic OH excluding ortho intramolecular Hbond substituents is 1. The number of fused-ring (bicyclic) bond motifs is 2. The van der Waals surface area contributed by atoms with Crippen molar-refractivity contribution in [2.75, 3.05) is 7.11 Å². The third-order valence-electron chi connectivity index (χ3n) is 4.39. The van der Waals surface area contributed by atoms with E-state index in [0.717, 1.165) is 38.9 Å². The van der Waals surface area contributed by atoms with E-state index in [-0.39, 0.29) is 5.75 Å². The summed E-state index contributed by atoms with van der Waals surface area (Å²) in [6.45, 7) is 3.74. The smallest absolute Gasteiger partial charge is 0.119 e. The van der Waals surface area contributed by atoms with Crippen molar-refractivity contribution in [3.63, 3.8) is 0 Å². The minimum atomic E-state index is 0.183. The van der Waals surface area contributed by atoms with Gasteiger partial charge in [-0.3, -0.25) is 0 Å². The molecule has 2 aromatic carbocycles. The molecule has 6 heteroatoms. The van der Waals surface area contributed by atoms with Gasteiger partial charge in [0.25, 0.3) is 0 Å². The van der Waals surface area contributed by atoms with Gasteiger partial charge in [0.2, 0.25) is 0 Å². The average Bonchev–Trinajstić information content (AvgIpc) is 3.15. The van der Waals surface area contributed by atoms with E-state index in [9.17, 15) is 5.11 Å². The van der Waals surface area contributed by atoms with Gasteiger partial charge in [-0.25, -0.2) is 0 Å². The fourth-order valence-electron chi connectivity index (χ4n) is 3.04. The first-order chi connectivity index (χ1) is 13.0. The van der Waals surface area contributed by atoms with Crippen LogP contribution in [-0.4, -0.2) is 22.2 Å². The van der Waals surface area contributed by atoms with E-state index in [4.69, 9.17) is 15.3 Å². The Balaban J connectivity index is 0.000000156. The molecular formula is C21H18N4O2. The second-order valence-corrected chi connectivity index (χ2v) is 6.12. The Hall–Kier alpha value is -3.90. The number of hydrogen-bond donors (Lipinski definition) is 3. The minimum Gasteiger partial charge on any atom is -0.508 e. The van der Waals surface area contributed by atoms with E-state index < -0.39 is 0 Å². The number of methoxy groups -OCH3 is 1. The Kier molecular flexibility index (Phi) is 4.74. The number of H-pyrrole nitrogens is 2. The third-order valence-corrected chi connectivity index (χ3v) is 4.39. The van der Waals surface area contributed by atoms with Gasteiger partial charge in [0, 0.05) is 33.2 Å². The maximum absolute atomic E-state index is 9.24. The van der Waals surface area contributed by atoms with Crippen molar-refractivity contribution in [2.45, 2.75) is 13.8 Å². The number of benzene rings is 2. The molecule has 4 rings (SSSR count). The summed E-state index contributed by atoms with van der Waals surface area (Å²) >= 11 is 0. The van der Waals surface area contributed by atoms with E-state index in [1.807, 2.05) is 32.0 Å². The largest absolute Gasteiger partial charge is 0.508 e. The van der Waals surface area contributed by atoms with Crippen molar-refractivity contribution in [2.24, 2.45) is 0 Å². The molecule has 2 aromatic heterocycles. The molecule has 134 valence electrons. The number of nitriles is 2. The van der Waals surface area contributed by atoms with Crippen LogP contribution in [0.15, 0.2) is 36.4 Å². The Morgan fingerprint density at radius 2 is 1.37 bits per heavy atom. The molecular weight excluding hydrogens is 340 g/mol. The van der Waals surface area contributed by atoms with Gasteiger partial charge in [-0.2, -0.15) is 10.5 Å². The van der Waals surface area contributed by atoms with Crippen LogP contribution in [0.5, 0.6) is 11.5 Å². The second-order valence-electron chi connectivity index (χ2n) is 6.12. The summed E-state index contributed by atoms with van der Waals surface area (Å²) < 4.78 is 5.11. The molecule has 4 aromatic rings. The summed E-state index contributed by atoms with van der Waals surface area (Å²) in [6, 6.07) is 14.9. The standard InChI is InChI=1S/C11H10N2O.C10H8N2O/c1-7-10(6-12)9-5-8(14-2)3-4-11(9)13-7;1-6-9(5-11)8-4-7(13)2-3-10(8)12-6/h3-5,13H,1-2H3;2-4,12-13H,1H3. The lowest BCUT2D eigenvalue weighted by molar-refractivity contribution is 0.415. The Morgan fingerprint density at radius 3 is 1.89 bits per heavy atom. The molecule has 27 heavy (non-hydrogen) atoms. The summed E-state index contributed by atoms with van der Waals surface area (Å²) in [4.78, 5) is 6.22. The van der Waals surface area contributed by atoms with E-state index in [1.54, 1.807) is 25.3 Å². The first-order valence-corrected chi connectivity index (χ1v) is 8.26. The summed E-state index contributed by atoms with van der Waals surface area (Å²) in [5, 5.41) is 28.7. The number of nitrogens with one attached hydrogen (secondary N) is 2. The van der Waals surface area contributed by atoms with Gasteiger partial charge < -0.3 is 19.8 Å².